The van der Waals surface area contributed by atoms with E-state index in [0.29, 0.717) is 16.3 Å². The summed E-state index contributed by atoms with van der Waals surface area (Å²) >= 11 is 4.34. The van der Waals surface area contributed by atoms with Crippen LogP contribution in [0.3, 0.4) is 0 Å². The lowest BCUT2D eigenvalue weighted by Gasteiger charge is -2.02. The van der Waals surface area contributed by atoms with Gasteiger partial charge in [0.05, 0.1) is 11.3 Å². The molecule has 0 aliphatic rings. The van der Waals surface area contributed by atoms with Gasteiger partial charge >= 0.3 is 0 Å². The SMILES string of the molecule is CSc1nnc(Sc2nccc(C#N)c2N)s1. The van der Waals surface area contributed by atoms with Crippen LogP contribution in [0.1, 0.15) is 5.56 Å². The Morgan fingerprint density at radius 2 is 2.18 bits per heavy atom. The lowest BCUT2D eigenvalue weighted by Crippen LogP contribution is -1.95. The van der Waals surface area contributed by atoms with Crippen LogP contribution in [0.2, 0.25) is 0 Å². The van der Waals surface area contributed by atoms with E-state index in [1.54, 1.807) is 12.3 Å². The van der Waals surface area contributed by atoms with Crippen molar-refractivity contribution in [2.24, 2.45) is 0 Å². The lowest BCUT2D eigenvalue weighted by atomic mass is 10.2. The summed E-state index contributed by atoms with van der Waals surface area (Å²) in [6.07, 6.45) is 3.51. The van der Waals surface area contributed by atoms with Crippen LogP contribution in [0.25, 0.3) is 0 Å². The zero-order valence-corrected chi connectivity index (χ0v) is 11.2. The third kappa shape index (κ3) is 2.69. The first-order valence-corrected chi connectivity index (χ1v) is 7.30. The topological polar surface area (TPSA) is 88.5 Å². The molecular formula is C9H7N5S3. The van der Waals surface area contributed by atoms with Gasteiger partial charge in [0, 0.05) is 6.20 Å². The van der Waals surface area contributed by atoms with Gasteiger partial charge in [0.15, 0.2) is 8.68 Å². The largest absolute Gasteiger partial charge is 0.395 e. The van der Waals surface area contributed by atoms with Crippen molar-refractivity contribution < 1.29 is 0 Å². The fraction of sp³-hybridized carbons (Fsp3) is 0.111. The average molecular weight is 281 g/mol. The number of nitrogens with zero attached hydrogens (tertiary/aromatic N) is 4. The Bertz CT molecular complexity index is 574. The molecule has 2 aromatic rings. The second-order valence-electron chi connectivity index (χ2n) is 2.83. The van der Waals surface area contributed by atoms with E-state index in [4.69, 9.17) is 11.0 Å². The molecule has 0 aromatic carbocycles. The van der Waals surface area contributed by atoms with Crippen LogP contribution < -0.4 is 5.73 Å². The predicted octanol–water partition coefficient (Wildman–Crippen LogP) is 2.26. The molecule has 8 heteroatoms. The molecule has 0 atom stereocenters. The van der Waals surface area contributed by atoms with Crippen molar-refractivity contribution in [1.82, 2.24) is 15.2 Å². The van der Waals surface area contributed by atoms with Crippen molar-refractivity contribution in [2.45, 2.75) is 13.7 Å². The summed E-state index contributed by atoms with van der Waals surface area (Å²) in [7, 11) is 0. The summed E-state index contributed by atoms with van der Waals surface area (Å²) < 4.78 is 1.66. The van der Waals surface area contributed by atoms with E-state index in [2.05, 4.69) is 15.2 Å². The molecule has 86 valence electrons. The molecular weight excluding hydrogens is 274 g/mol. The molecule has 2 aromatic heterocycles. The van der Waals surface area contributed by atoms with Crippen LogP contribution >= 0.6 is 34.9 Å². The van der Waals surface area contributed by atoms with Crippen LogP contribution in [0.15, 0.2) is 26.0 Å². The van der Waals surface area contributed by atoms with Crippen LogP contribution in [0, 0.1) is 11.3 Å². The van der Waals surface area contributed by atoms with Gasteiger partial charge in [-0.05, 0) is 24.1 Å². The second kappa shape index (κ2) is 5.35. The Labute approximate surface area is 110 Å². The Morgan fingerprint density at radius 3 is 2.82 bits per heavy atom. The van der Waals surface area contributed by atoms with Crippen molar-refractivity contribution in [3.8, 4) is 6.07 Å². The molecule has 0 aliphatic carbocycles. The smallest absolute Gasteiger partial charge is 0.181 e. The van der Waals surface area contributed by atoms with E-state index in [-0.39, 0.29) is 0 Å². The predicted molar refractivity (Wildman–Crippen MR) is 69.2 cm³/mol. The first-order chi connectivity index (χ1) is 8.24. The van der Waals surface area contributed by atoms with Gasteiger partial charge in [0.2, 0.25) is 0 Å². The van der Waals surface area contributed by atoms with Crippen LogP contribution in [-0.4, -0.2) is 21.4 Å². The first-order valence-electron chi connectivity index (χ1n) is 4.44. The molecule has 2 N–H and O–H groups in total. The van der Waals surface area contributed by atoms with Gasteiger partial charge < -0.3 is 5.73 Å². The maximum atomic E-state index is 8.86. The van der Waals surface area contributed by atoms with Gasteiger partial charge in [-0.2, -0.15) is 5.26 Å². The van der Waals surface area contributed by atoms with E-state index in [9.17, 15) is 0 Å². The molecule has 0 radical (unpaired) electrons. The lowest BCUT2D eigenvalue weighted by molar-refractivity contribution is 0.953. The quantitative estimate of drug-likeness (QED) is 0.863. The Kier molecular flexibility index (Phi) is 3.83. The first kappa shape index (κ1) is 12.2. The molecule has 17 heavy (non-hydrogen) atoms. The number of thioether (sulfide) groups is 1. The van der Waals surface area contributed by atoms with Crippen molar-refractivity contribution in [3.05, 3.63) is 17.8 Å². The zero-order valence-electron chi connectivity index (χ0n) is 8.75. The molecule has 0 spiro atoms. The summed E-state index contributed by atoms with van der Waals surface area (Å²) in [6, 6.07) is 3.61. The van der Waals surface area contributed by atoms with Gasteiger partial charge in [-0.25, -0.2) is 4.98 Å². The number of pyridine rings is 1. The second-order valence-corrected chi connectivity index (χ2v) is 6.10. The monoisotopic (exact) mass is 281 g/mol. The minimum atomic E-state index is 0.390. The van der Waals surface area contributed by atoms with E-state index < -0.39 is 0 Å². The molecule has 0 fully saturated rings. The van der Waals surface area contributed by atoms with Crippen LogP contribution in [0.5, 0.6) is 0 Å². The van der Waals surface area contributed by atoms with E-state index in [0.717, 1.165) is 8.68 Å². The summed E-state index contributed by atoms with van der Waals surface area (Å²) in [6.45, 7) is 0. The Balaban J connectivity index is 2.27. The molecule has 0 amide bonds. The summed E-state index contributed by atoms with van der Waals surface area (Å²) in [5, 5.41) is 17.4. The molecule has 0 saturated carbocycles. The van der Waals surface area contributed by atoms with E-state index in [1.807, 2.05) is 12.3 Å². The Hall–Kier alpha value is -1.30. The maximum Gasteiger partial charge on any atom is 0.181 e. The standard InChI is InChI=1S/C9H7N5S3/c1-15-8-13-14-9(17-8)16-7-6(11)5(4-10)2-3-12-7/h2-3H,11H2,1H3. The molecule has 0 saturated heterocycles. The summed E-state index contributed by atoms with van der Waals surface area (Å²) in [4.78, 5) is 4.14. The van der Waals surface area contributed by atoms with Gasteiger partial charge in [0.25, 0.3) is 0 Å². The van der Waals surface area contributed by atoms with Gasteiger partial charge in [-0.3, -0.25) is 0 Å². The van der Waals surface area contributed by atoms with E-state index in [1.165, 1.54) is 34.9 Å². The highest BCUT2D eigenvalue weighted by Gasteiger charge is 2.11. The maximum absolute atomic E-state index is 8.86. The highest BCUT2D eigenvalue weighted by molar-refractivity contribution is 8.03. The van der Waals surface area contributed by atoms with Crippen LogP contribution in [0.4, 0.5) is 5.69 Å². The third-order valence-electron chi connectivity index (χ3n) is 1.82. The van der Waals surface area contributed by atoms with Crippen molar-refractivity contribution >= 4 is 40.5 Å². The van der Waals surface area contributed by atoms with Crippen LogP contribution in [-0.2, 0) is 0 Å². The summed E-state index contributed by atoms with van der Waals surface area (Å²) in [5.41, 5.74) is 6.64. The zero-order chi connectivity index (χ0) is 12.3. The number of nitrogen functional groups attached to an aromatic ring is 1. The number of rotatable bonds is 3. The number of nitrogens with two attached hydrogens (primary N) is 1. The fourth-order valence-electron chi connectivity index (χ4n) is 1.04. The third-order valence-corrected chi connectivity index (χ3v) is 4.79. The average Bonchev–Trinajstić information content (AvgIpc) is 2.79. The van der Waals surface area contributed by atoms with Gasteiger partial charge in [-0.15, -0.1) is 10.2 Å². The molecule has 5 nitrogen and oxygen atoms in total. The minimum absolute atomic E-state index is 0.390. The Morgan fingerprint density at radius 1 is 1.41 bits per heavy atom. The normalized spacial score (nSPS) is 10.1. The summed E-state index contributed by atoms with van der Waals surface area (Å²) in [5.74, 6) is 0. The van der Waals surface area contributed by atoms with E-state index >= 15 is 0 Å². The molecule has 0 unspecified atom stereocenters. The highest BCUT2D eigenvalue weighted by Crippen LogP contribution is 2.35. The fourth-order valence-corrected chi connectivity index (χ4v) is 3.42. The number of nitriles is 1. The van der Waals surface area contributed by atoms with Gasteiger partial charge in [0.1, 0.15) is 11.1 Å². The molecule has 0 aliphatic heterocycles. The van der Waals surface area contributed by atoms with Crippen molar-refractivity contribution in [2.75, 3.05) is 12.0 Å². The molecule has 2 rings (SSSR count). The van der Waals surface area contributed by atoms with Crippen molar-refractivity contribution in [1.29, 1.82) is 5.26 Å². The number of anilines is 1. The number of hydrogen-bond donors (Lipinski definition) is 1. The molecule has 2 heterocycles. The number of hydrogen-bond acceptors (Lipinski definition) is 8. The number of aromatic nitrogens is 3. The van der Waals surface area contributed by atoms with Gasteiger partial charge in [-0.1, -0.05) is 23.1 Å². The highest BCUT2D eigenvalue weighted by atomic mass is 32.2. The minimum Gasteiger partial charge on any atom is -0.395 e. The molecule has 0 bridgehead atoms. The van der Waals surface area contributed by atoms with Crippen molar-refractivity contribution in [3.63, 3.8) is 0 Å².